The van der Waals surface area contributed by atoms with E-state index in [1.54, 1.807) is 13.8 Å². The second-order valence-electron chi connectivity index (χ2n) is 4.06. The zero-order chi connectivity index (χ0) is 12.6. The molecule has 0 radical (unpaired) electrons. The molecule has 100 valence electrons. The topological polar surface area (TPSA) is 67.5 Å². The number of ketones is 2. The second-order valence-corrected chi connectivity index (χ2v) is 4.06. The average molecular weight is 333 g/mol. The SMILES string of the molecule is CC(=[OH+])CC(C)=NCCN=C(C)CC(C)=[OH+].[Pd]. The van der Waals surface area contributed by atoms with Crippen LogP contribution in [0.4, 0.5) is 0 Å². The Balaban J connectivity index is 0. The van der Waals surface area contributed by atoms with E-state index >= 15 is 0 Å². The summed E-state index contributed by atoms with van der Waals surface area (Å²) in [6, 6.07) is 0. The normalized spacial score (nSPS) is 12.0. The molecule has 0 heterocycles. The van der Waals surface area contributed by atoms with Crippen LogP contribution in [0.1, 0.15) is 40.5 Å². The van der Waals surface area contributed by atoms with Crippen LogP contribution in [0.2, 0.25) is 0 Å². The molecule has 0 aliphatic heterocycles. The van der Waals surface area contributed by atoms with Gasteiger partial charge in [-0.05, 0) is 13.8 Å². The number of hydrogen-bond acceptors (Lipinski definition) is 2. The Hall–Kier alpha value is -0.658. The van der Waals surface area contributed by atoms with Gasteiger partial charge in [-0.1, -0.05) is 0 Å². The van der Waals surface area contributed by atoms with Crippen molar-refractivity contribution in [3.63, 3.8) is 0 Å². The molecule has 5 heteroatoms. The van der Waals surface area contributed by atoms with Crippen LogP contribution in [-0.2, 0) is 20.4 Å². The van der Waals surface area contributed by atoms with E-state index in [2.05, 4.69) is 9.98 Å². The van der Waals surface area contributed by atoms with E-state index in [9.17, 15) is 0 Å². The molecule has 0 bridgehead atoms. The molecule has 0 rings (SSSR count). The van der Waals surface area contributed by atoms with Gasteiger partial charge in [-0.15, -0.1) is 0 Å². The summed E-state index contributed by atoms with van der Waals surface area (Å²) in [4.78, 5) is 26.6. The monoisotopic (exact) mass is 332 g/mol. The summed E-state index contributed by atoms with van der Waals surface area (Å²) in [6.07, 6.45) is 1.07. The molecule has 0 aliphatic rings. The number of carbonyl (C=O) groups excluding carboxylic acids is 2. The minimum absolute atomic E-state index is 0. The Morgan fingerprint density at radius 3 is 1.29 bits per heavy atom. The van der Waals surface area contributed by atoms with Crippen LogP contribution in [0.3, 0.4) is 0 Å². The maximum Gasteiger partial charge on any atom is 0.295 e. The summed E-state index contributed by atoms with van der Waals surface area (Å²) in [5.41, 5.74) is 1.83. The first-order valence-corrected chi connectivity index (χ1v) is 5.44. The summed E-state index contributed by atoms with van der Waals surface area (Å²) in [6.45, 7) is 8.37. The number of nitrogens with zero attached hydrogens (tertiary/aromatic N) is 2. The molecular weight excluding hydrogens is 311 g/mol. The number of hydrogen-bond donors (Lipinski definition) is 0. The van der Waals surface area contributed by atoms with Gasteiger partial charge >= 0.3 is 0 Å². The van der Waals surface area contributed by atoms with Crippen molar-refractivity contribution in [3.8, 4) is 0 Å². The Bertz CT molecular complexity index is 290. The smallest absolute Gasteiger partial charge is 0.292 e. The molecule has 0 aliphatic carbocycles. The largest absolute Gasteiger partial charge is 0.295 e. The third-order valence-electron chi connectivity index (χ3n) is 1.89. The minimum Gasteiger partial charge on any atom is -0.292 e. The predicted octanol–water partition coefficient (Wildman–Crippen LogP) is 1.82. The first-order valence-electron chi connectivity index (χ1n) is 5.44. The summed E-state index contributed by atoms with van der Waals surface area (Å²) < 4.78 is 0. The van der Waals surface area contributed by atoms with Crippen molar-refractivity contribution in [1.29, 1.82) is 0 Å². The molecule has 0 spiro atoms. The number of rotatable bonds is 7. The van der Waals surface area contributed by atoms with Crippen molar-refractivity contribution < 1.29 is 30.0 Å². The first kappa shape index (κ1) is 18.7. The van der Waals surface area contributed by atoms with E-state index in [4.69, 9.17) is 9.59 Å². The Morgan fingerprint density at radius 2 is 1.06 bits per heavy atom. The molecule has 17 heavy (non-hydrogen) atoms. The van der Waals surface area contributed by atoms with Gasteiger partial charge in [0.05, 0.1) is 25.9 Å². The van der Waals surface area contributed by atoms with E-state index in [0.29, 0.717) is 37.5 Å². The van der Waals surface area contributed by atoms with Gasteiger partial charge in [-0.25, -0.2) is 0 Å². The Morgan fingerprint density at radius 1 is 0.765 bits per heavy atom. The molecule has 0 aromatic heterocycles. The van der Waals surface area contributed by atoms with E-state index in [1.165, 1.54) is 0 Å². The molecular formula is C12H22N2O2Pd+2. The van der Waals surface area contributed by atoms with Crippen molar-refractivity contribution in [2.24, 2.45) is 9.98 Å². The fourth-order valence-electron chi connectivity index (χ4n) is 1.33. The van der Waals surface area contributed by atoms with Crippen molar-refractivity contribution in [2.45, 2.75) is 40.5 Å². The van der Waals surface area contributed by atoms with E-state index < -0.39 is 0 Å². The van der Waals surface area contributed by atoms with Gasteiger partial charge in [0.1, 0.15) is 0 Å². The Labute approximate surface area is 117 Å². The van der Waals surface area contributed by atoms with Gasteiger partial charge in [0.25, 0.3) is 11.6 Å². The zero-order valence-electron chi connectivity index (χ0n) is 10.9. The molecule has 0 aromatic carbocycles. The minimum atomic E-state index is 0. The van der Waals surface area contributed by atoms with Crippen LogP contribution < -0.4 is 0 Å². The fraction of sp³-hybridized carbons (Fsp3) is 0.667. The average Bonchev–Trinajstić information content (AvgIpc) is 2.10. The molecule has 0 aromatic rings. The summed E-state index contributed by atoms with van der Waals surface area (Å²) in [7, 11) is 0. The van der Waals surface area contributed by atoms with Crippen LogP contribution >= 0.6 is 0 Å². The van der Waals surface area contributed by atoms with Crippen molar-refractivity contribution >= 4 is 23.0 Å². The molecule has 0 atom stereocenters. The van der Waals surface area contributed by atoms with Gasteiger partial charge in [0.15, 0.2) is 0 Å². The third kappa shape index (κ3) is 13.3. The van der Waals surface area contributed by atoms with Crippen LogP contribution in [0.5, 0.6) is 0 Å². The van der Waals surface area contributed by atoms with Gasteiger partial charge < -0.3 is 0 Å². The number of aliphatic imine (C=N–C) groups is 2. The van der Waals surface area contributed by atoms with Crippen LogP contribution in [0, 0.1) is 0 Å². The van der Waals surface area contributed by atoms with E-state index in [-0.39, 0.29) is 20.4 Å². The van der Waals surface area contributed by atoms with Gasteiger partial charge in [0, 0.05) is 45.7 Å². The third-order valence-corrected chi connectivity index (χ3v) is 1.89. The first-order chi connectivity index (χ1) is 7.41. The maximum atomic E-state index is 9.04. The van der Waals surface area contributed by atoms with Gasteiger partial charge in [0.2, 0.25) is 0 Å². The maximum absolute atomic E-state index is 9.04. The van der Waals surface area contributed by atoms with Crippen molar-refractivity contribution in [2.75, 3.05) is 13.1 Å². The van der Waals surface area contributed by atoms with Crippen LogP contribution in [0.25, 0.3) is 0 Å². The standard InChI is InChI=1S/C12H20N2O2.Pd/c1-9(7-11(3)15)13-5-6-14-10(2)8-12(4)16;/h5-8H2,1-4H3;/p+2. The van der Waals surface area contributed by atoms with Crippen molar-refractivity contribution in [3.05, 3.63) is 0 Å². The molecule has 0 saturated heterocycles. The molecule has 0 amide bonds. The molecule has 0 saturated carbocycles. The molecule has 0 fully saturated rings. The Kier molecular flexibility index (Phi) is 11.5. The van der Waals surface area contributed by atoms with Crippen LogP contribution in [0.15, 0.2) is 9.98 Å². The van der Waals surface area contributed by atoms with Gasteiger partial charge in [-0.2, -0.15) is 0 Å². The molecule has 4 nitrogen and oxygen atoms in total. The van der Waals surface area contributed by atoms with E-state index in [1.807, 2.05) is 13.8 Å². The fourth-order valence-corrected chi connectivity index (χ4v) is 1.33. The zero-order valence-corrected chi connectivity index (χ0v) is 12.5. The molecule has 2 N–H and O–H groups in total. The van der Waals surface area contributed by atoms with E-state index in [0.717, 1.165) is 11.4 Å². The van der Waals surface area contributed by atoms with Gasteiger partial charge in [-0.3, -0.25) is 19.6 Å². The quantitative estimate of drug-likeness (QED) is 0.295. The second kappa shape index (κ2) is 10.5. The summed E-state index contributed by atoms with van der Waals surface area (Å²) in [5, 5.41) is 0. The van der Waals surface area contributed by atoms with Crippen LogP contribution in [-0.4, -0.2) is 45.7 Å². The molecule has 0 unspecified atom stereocenters. The summed E-state index contributed by atoms with van der Waals surface area (Å²) >= 11 is 0. The predicted molar refractivity (Wildman–Crippen MR) is 70.4 cm³/mol. The van der Waals surface area contributed by atoms with Crippen molar-refractivity contribution in [1.82, 2.24) is 0 Å². The summed E-state index contributed by atoms with van der Waals surface area (Å²) in [5.74, 6) is 0.762.